The maximum Gasteiger partial charge on any atom is 0.303 e. The smallest absolute Gasteiger partial charge is 0.303 e. The average Bonchev–Trinajstić information content (AvgIpc) is 3.08. The van der Waals surface area contributed by atoms with Gasteiger partial charge in [0.1, 0.15) is 6.61 Å². The first-order valence-corrected chi connectivity index (χ1v) is 7.42. The largest absolute Gasteiger partial charge is 0.463 e. The van der Waals surface area contributed by atoms with Gasteiger partial charge in [0.05, 0.1) is 6.10 Å². The Hall–Kier alpha value is -3.02. The minimum Gasteiger partial charge on any atom is -0.463 e. The Balaban J connectivity index is 1.93. The zero-order valence-electron chi connectivity index (χ0n) is 13.5. The van der Waals surface area contributed by atoms with Gasteiger partial charge in [-0.3, -0.25) is 19.4 Å². The quantitative estimate of drug-likeness (QED) is 0.644. The van der Waals surface area contributed by atoms with Crippen molar-refractivity contribution in [1.82, 2.24) is 25.0 Å². The van der Waals surface area contributed by atoms with Crippen molar-refractivity contribution < 1.29 is 23.8 Å². The Morgan fingerprint density at radius 1 is 1.40 bits per heavy atom. The lowest BCUT2D eigenvalue weighted by Crippen LogP contribution is -2.26. The van der Waals surface area contributed by atoms with Gasteiger partial charge in [-0.1, -0.05) is 5.21 Å². The van der Waals surface area contributed by atoms with Crippen LogP contribution in [0.4, 0.5) is 5.95 Å². The van der Waals surface area contributed by atoms with Gasteiger partial charge in [-0.2, -0.15) is 9.67 Å². The van der Waals surface area contributed by atoms with Crippen molar-refractivity contribution in [3.05, 3.63) is 10.4 Å². The summed E-state index contributed by atoms with van der Waals surface area (Å²) in [4.78, 5) is 40.5. The number of fused-ring (bicyclic) bond motifs is 1. The van der Waals surface area contributed by atoms with E-state index in [0.29, 0.717) is 0 Å². The molecule has 1 saturated heterocycles. The van der Waals surface area contributed by atoms with Gasteiger partial charge >= 0.3 is 11.9 Å². The fourth-order valence-corrected chi connectivity index (χ4v) is 2.60. The van der Waals surface area contributed by atoms with Gasteiger partial charge in [0.2, 0.25) is 5.95 Å². The number of aromatic nitrogens is 5. The van der Waals surface area contributed by atoms with Crippen LogP contribution in [0.2, 0.25) is 0 Å². The van der Waals surface area contributed by atoms with Gasteiger partial charge < -0.3 is 19.9 Å². The van der Waals surface area contributed by atoms with E-state index in [-0.39, 0.29) is 30.1 Å². The van der Waals surface area contributed by atoms with Crippen molar-refractivity contribution in [2.24, 2.45) is 0 Å². The monoisotopic (exact) mass is 352 g/mol. The van der Waals surface area contributed by atoms with Crippen molar-refractivity contribution in [3.63, 3.8) is 0 Å². The Kier molecular flexibility index (Phi) is 4.35. The highest BCUT2D eigenvalue weighted by atomic mass is 16.6. The summed E-state index contributed by atoms with van der Waals surface area (Å²) in [5.41, 5.74) is 5.08. The molecule has 2 aromatic heterocycles. The second-order valence-electron chi connectivity index (χ2n) is 5.49. The average molecular weight is 352 g/mol. The van der Waals surface area contributed by atoms with Gasteiger partial charge in [0.25, 0.3) is 5.56 Å². The topological polar surface area (TPSA) is 164 Å². The standard InChI is InChI=1S/C13H16N6O6/c1-5(20)23-4-7-3-8(24-6(2)21)12(25-7)19-10-9(17-18-19)11(22)16-13(14)15-10/h7-8,12H,3-4H2,1-2H3,(H3,14,15,16,22)/t7-,8+,12+/m0/s1. The maximum absolute atomic E-state index is 11.9. The molecular weight excluding hydrogens is 336 g/mol. The summed E-state index contributed by atoms with van der Waals surface area (Å²) in [5, 5.41) is 7.63. The van der Waals surface area contributed by atoms with Gasteiger partial charge in [-0.25, -0.2) is 0 Å². The van der Waals surface area contributed by atoms with Crippen LogP contribution in [0.3, 0.4) is 0 Å². The molecule has 1 aliphatic heterocycles. The molecule has 0 aliphatic carbocycles. The molecule has 25 heavy (non-hydrogen) atoms. The number of hydrogen-bond acceptors (Lipinski definition) is 10. The third kappa shape index (κ3) is 3.42. The molecule has 3 atom stereocenters. The van der Waals surface area contributed by atoms with Gasteiger partial charge in [0.15, 0.2) is 23.5 Å². The number of carbonyl (C=O) groups is 2. The van der Waals surface area contributed by atoms with Crippen LogP contribution in [0, 0.1) is 0 Å². The van der Waals surface area contributed by atoms with E-state index in [9.17, 15) is 14.4 Å². The molecule has 3 heterocycles. The van der Waals surface area contributed by atoms with Crippen LogP contribution in [0.5, 0.6) is 0 Å². The first-order chi connectivity index (χ1) is 11.8. The van der Waals surface area contributed by atoms with Crippen LogP contribution in [0.25, 0.3) is 11.2 Å². The number of nitrogens with two attached hydrogens (primary N) is 1. The molecular formula is C13H16N6O6. The van der Waals surface area contributed by atoms with E-state index in [2.05, 4.69) is 20.3 Å². The molecule has 134 valence electrons. The number of nitrogens with one attached hydrogen (secondary N) is 1. The summed E-state index contributed by atoms with van der Waals surface area (Å²) in [6.07, 6.45) is -1.84. The minimum atomic E-state index is -0.886. The van der Waals surface area contributed by atoms with Crippen molar-refractivity contribution in [3.8, 4) is 0 Å². The number of esters is 2. The molecule has 12 heteroatoms. The lowest BCUT2D eigenvalue weighted by molar-refractivity contribution is -0.153. The van der Waals surface area contributed by atoms with E-state index in [1.54, 1.807) is 0 Å². The molecule has 12 nitrogen and oxygen atoms in total. The molecule has 0 bridgehead atoms. The van der Waals surface area contributed by atoms with Crippen molar-refractivity contribution >= 4 is 29.1 Å². The number of aromatic amines is 1. The molecule has 2 aromatic rings. The summed E-state index contributed by atoms with van der Waals surface area (Å²) in [7, 11) is 0. The molecule has 0 aromatic carbocycles. The predicted octanol–water partition coefficient (Wildman–Crippen LogP) is -1.12. The van der Waals surface area contributed by atoms with Gasteiger partial charge in [0, 0.05) is 20.3 Å². The Morgan fingerprint density at radius 3 is 2.84 bits per heavy atom. The zero-order chi connectivity index (χ0) is 18.1. The lowest BCUT2D eigenvalue weighted by atomic mass is 10.2. The van der Waals surface area contributed by atoms with Crippen LogP contribution >= 0.6 is 0 Å². The second-order valence-corrected chi connectivity index (χ2v) is 5.49. The third-order valence-corrected chi connectivity index (χ3v) is 3.53. The Morgan fingerprint density at radius 2 is 2.16 bits per heavy atom. The van der Waals surface area contributed by atoms with Crippen molar-refractivity contribution in [2.75, 3.05) is 12.3 Å². The highest BCUT2D eigenvalue weighted by molar-refractivity contribution is 5.69. The number of rotatable bonds is 4. The van der Waals surface area contributed by atoms with Crippen molar-refractivity contribution in [2.45, 2.75) is 38.7 Å². The van der Waals surface area contributed by atoms with Crippen LogP contribution in [0.15, 0.2) is 4.79 Å². The third-order valence-electron chi connectivity index (χ3n) is 3.53. The van der Waals surface area contributed by atoms with E-state index >= 15 is 0 Å². The first-order valence-electron chi connectivity index (χ1n) is 7.42. The molecule has 1 aliphatic rings. The summed E-state index contributed by atoms with van der Waals surface area (Å²) in [6, 6.07) is 0. The SMILES string of the molecule is CC(=O)OC[C@@H]1C[C@@H](OC(C)=O)[C@H](n2nnc3c(=O)[nH]c(N)nc32)O1. The zero-order valence-corrected chi connectivity index (χ0v) is 13.5. The maximum atomic E-state index is 11.9. The number of H-pyrrole nitrogens is 1. The summed E-state index contributed by atoms with van der Waals surface area (Å²) >= 11 is 0. The molecule has 0 spiro atoms. The lowest BCUT2D eigenvalue weighted by Gasteiger charge is -2.18. The van der Waals surface area contributed by atoms with Gasteiger partial charge in [-0.15, -0.1) is 5.10 Å². The molecule has 0 radical (unpaired) electrons. The molecule has 3 rings (SSSR count). The molecule has 3 N–H and O–H groups in total. The summed E-state index contributed by atoms with van der Waals surface area (Å²) in [6.45, 7) is 2.53. The van der Waals surface area contributed by atoms with E-state index in [1.807, 2.05) is 0 Å². The highest BCUT2D eigenvalue weighted by Gasteiger charge is 2.41. The summed E-state index contributed by atoms with van der Waals surface area (Å²) < 4.78 is 17.2. The Labute approximate surface area is 140 Å². The van der Waals surface area contributed by atoms with Gasteiger partial charge in [-0.05, 0) is 0 Å². The Bertz CT molecular complexity index is 876. The number of nitrogens with zero attached hydrogens (tertiary/aromatic N) is 4. The number of hydrogen-bond donors (Lipinski definition) is 2. The second kappa shape index (κ2) is 6.47. The first kappa shape index (κ1) is 16.8. The fourth-order valence-electron chi connectivity index (χ4n) is 2.60. The van der Waals surface area contributed by atoms with Crippen LogP contribution in [-0.2, 0) is 23.8 Å². The predicted molar refractivity (Wildman–Crippen MR) is 81.1 cm³/mol. The minimum absolute atomic E-state index is 0.00756. The molecule has 0 saturated carbocycles. The van der Waals surface area contributed by atoms with Crippen LogP contribution in [0.1, 0.15) is 26.5 Å². The van der Waals surface area contributed by atoms with E-state index in [0.717, 1.165) is 0 Å². The van der Waals surface area contributed by atoms with E-state index < -0.39 is 35.9 Å². The highest BCUT2D eigenvalue weighted by Crippen LogP contribution is 2.32. The normalized spacial score (nSPS) is 22.9. The van der Waals surface area contributed by atoms with Crippen molar-refractivity contribution in [1.29, 1.82) is 0 Å². The molecule has 1 fully saturated rings. The fraction of sp³-hybridized carbons (Fsp3) is 0.538. The van der Waals surface area contributed by atoms with E-state index in [4.69, 9.17) is 19.9 Å². The van der Waals surface area contributed by atoms with Crippen LogP contribution in [-0.4, -0.2) is 55.7 Å². The molecule has 0 unspecified atom stereocenters. The summed E-state index contributed by atoms with van der Waals surface area (Å²) in [5.74, 6) is -1.08. The number of ether oxygens (including phenoxy) is 3. The molecule has 0 amide bonds. The van der Waals surface area contributed by atoms with E-state index in [1.165, 1.54) is 18.5 Å². The number of nitrogen functional groups attached to an aromatic ring is 1. The number of anilines is 1. The van der Waals surface area contributed by atoms with Crippen LogP contribution < -0.4 is 11.3 Å². The number of carbonyl (C=O) groups excluding carboxylic acids is 2.